The smallest absolute Gasteiger partial charge is 0.300 e. The molecular weight excluding hydrogens is 405 g/mol. The number of aryl methyl sites for hydroxylation is 2. The zero-order chi connectivity index (χ0) is 21.3. The number of fused-ring (bicyclic) bond motifs is 1. The van der Waals surface area contributed by atoms with E-state index in [0.29, 0.717) is 10.8 Å². The molecular formula is C21H18FN5O2S. The Morgan fingerprint density at radius 2 is 1.93 bits per heavy atom. The summed E-state index contributed by atoms with van der Waals surface area (Å²) in [6, 6.07) is 11.5. The summed E-state index contributed by atoms with van der Waals surface area (Å²) in [6.07, 6.45) is 3.14. The van der Waals surface area contributed by atoms with E-state index in [0.717, 1.165) is 16.8 Å². The highest BCUT2D eigenvalue weighted by molar-refractivity contribution is 7.99. The van der Waals surface area contributed by atoms with Crippen molar-refractivity contribution in [3.63, 3.8) is 0 Å². The van der Waals surface area contributed by atoms with Gasteiger partial charge in [-0.3, -0.25) is 18.6 Å². The molecule has 4 aromatic rings. The van der Waals surface area contributed by atoms with Crippen LogP contribution in [-0.4, -0.2) is 30.8 Å². The summed E-state index contributed by atoms with van der Waals surface area (Å²) < 4.78 is 16.3. The number of carbonyl (C=O) groups is 1. The summed E-state index contributed by atoms with van der Waals surface area (Å²) in [5.74, 6) is -0.513. The van der Waals surface area contributed by atoms with Crippen molar-refractivity contribution in [1.82, 2.24) is 19.2 Å². The molecule has 1 amide bonds. The molecule has 1 N–H and O–H groups in total. The van der Waals surface area contributed by atoms with Gasteiger partial charge in [-0.25, -0.2) is 4.39 Å². The molecule has 0 aliphatic carbocycles. The van der Waals surface area contributed by atoms with Crippen molar-refractivity contribution in [3.8, 4) is 5.69 Å². The third kappa shape index (κ3) is 3.97. The van der Waals surface area contributed by atoms with Gasteiger partial charge in [-0.1, -0.05) is 23.9 Å². The number of carbonyl (C=O) groups excluding carboxylic acids is 1. The van der Waals surface area contributed by atoms with E-state index in [4.69, 9.17) is 0 Å². The highest BCUT2D eigenvalue weighted by Crippen LogP contribution is 2.18. The van der Waals surface area contributed by atoms with Gasteiger partial charge >= 0.3 is 5.56 Å². The van der Waals surface area contributed by atoms with Gasteiger partial charge in [0.2, 0.25) is 11.6 Å². The summed E-state index contributed by atoms with van der Waals surface area (Å²) in [5, 5.41) is 11.2. The second-order valence-corrected chi connectivity index (χ2v) is 7.71. The summed E-state index contributed by atoms with van der Waals surface area (Å²) in [7, 11) is 0. The van der Waals surface area contributed by atoms with Crippen LogP contribution in [0.15, 0.2) is 64.8 Å². The van der Waals surface area contributed by atoms with E-state index in [2.05, 4.69) is 15.5 Å². The Balaban J connectivity index is 1.51. The summed E-state index contributed by atoms with van der Waals surface area (Å²) in [6.45, 7) is 3.99. The number of amides is 1. The number of nitrogens with one attached hydrogen (secondary N) is 1. The molecule has 2 aromatic carbocycles. The largest absolute Gasteiger partial charge is 0.325 e. The zero-order valence-electron chi connectivity index (χ0n) is 16.3. The Morgan fingerprint density at radius 1 is 1.10 bits per heavy atom. The molecule has 0 spiro atoms. The highest BCUT2D eigenvalue weighted by Gasteiger charge is 2.14. The first kappa shape index (κ1) is 19.8. The van der Waals surface area contributed by atoms with Gasteiger partial charge in [0, 0.05) is 18.1 Å². The number of rotatable bonds is 5. The molecule has 4 rings (SSSR count). The van der Waals surface area contributed by atoms with Gasteiger partial charge in [-0.05, 0) is 55.3 Å². The molecule has 0 radical (unpaired) electrons. The van der Waals surface area contributed by atoms with Crippen LogP contribution in [0.1, 0.15) is 11.1 Å². The third-order valence-electron chi connectivity index (χ3n) is 4.65. The molecule has 7 nitrogen and oxygen atoms in total. The normalized spacial score (nSPS) is 11.0. The van der Waals surface area contributed by atoms with Gasteiger partial charge < -0.3 is 5.32 Å². The van der Waals surface area contributed by atoms with Crippen molar-refractivity contribution in [1.29, 1.82) is 0 Å². The number of hydrogen-bond donors (Lipinski definition) is 1. The first-order chi connectivity index (χ1) is 14.4. The Labute approximate surface area is 175 Å². The van der Waals surface area contributed by atoms with Crippen LogP contribution in [0.5, 0.6) is 0 Å². The van der Waals surface area contributed by atoms with Crippen LogP contribution >= 0.6 is 11.8 Å². The van der Waals surface area contributed by atoms with Gasteiger partial charge in [0.15, 0.2) is 5.16 Å². The van der Waals surface area contributed by atoms with Crippen LogP contribution in [0, 0.1) is 19.7 Å². The fourth-order valence-corrected chi connectivity index (χ4v) is 3.66. The standard InChI is InChI=1S/C21H18FN5O2S/c1-13-6-7-16(10-14(13)2)23-18(28)12-30-21-25-24-19-20(29)26(8-9-27(19)21)17-5-3-4-15(22)11-17/h3-11H,12H2,1-2H3,(H,23,28). The van der Waals surface area contributed by atoms with Gasteiger partial charge in [-0.15, -0.1) is 10.2 Å². The van der Waals surface area contributed by atoms with Crippen molar-refractivity contribution in [2.75, 3.05) is 11.1 Å². The SMILES string of the molecule is Cc1ccc(NC(=O)CSc2nnc3c(=O)n(-c4cccc(F)c4)ccn23)cc1C. The minimum absolute atomic E-state index is 0.0961. The van der Waals surface area contributed by atoms with Gasteiger partial charge in [0.05, 0.1) is 11.4 Å². The van der Waals surface area contributed by atoms with E-state index >= 15 is 0 Å². The van der Waals surface area contributed by atoms with Gasteiger partial charge in [-0.2, -0.15) is 0 Å². The number of hydrogen-bond acceptors (Lipinski definition) is 5. The fourth-order valence-electron chi connectivity index (χ4n) is 2.94. The molecule has 0 unspecified atom stereocenters. The Hall–Kier alpha value is -3.46. The molecule has 0 fully saturated rings. The zero-order valence-corrected chi connectivity index (χ0v) is 17.1. The molecule has 0 aliphatic heterocycles. The van der Waals surface area contributed by atoms with E-state index in [1.807, 2.05) is 32.0 Å². The van der Waals surface area contributed by atoms with Crippen molar-refractivity contribution in [2.45, 2.75) is 19.0 Å². The lowest BCUT2D eigenvalue weighted by molar-refractivity contribution is -0.113. The molecule has 0 bridgehead atoms. The highest BCUT2D eigenvalue weighted by atomic mass is 32.2. The maximum absolute atomic E-state index is 13.5. The topological polar surface area (TPSA) is 81.3 Å². The van der Waals surface area contributed by atoms with Crippen molar-refractivity contribution in [2.24, 2.45) is 0 Å². The molecule has 0 aliphatic rings. The molecule has 0 saturated carbocycles. The van der Waals surface area contributed by atoms with E-state index in [1.54, 1.807) is 12.3 Å². The van der Waals surface area contributed by atoms with E-state index in [-0.39, 0.29) is 17.3 Å². The minimum atomic E-state index is -0.438. The summed E-state index contributed by atoms with van der Waals surface area (Å²) in [4.78, 5) is 25.0. The van der Waals surface area contributed by atoms with Crippen LogP contribution in [0.25, 0.3) is 11.3 Å². The quantitative estimate of drug-likeness (QED) is 0.498. The molecule has 0 atom stereocenters. The van der Waals surface area contributed by atoms with Crippen molar-refractivity contribution in [3.05, 3.63) is 82.2 Å². The molecule has 9 heteroatoms. The summed E-state index contributed by atoms with van der Waals surface area (Å²) >= 11 is 1.17. The number of thioether (sulfide) groups is 1. The van der Waals surface area contributed by atoms with Crippen molar-refractivity contribution < 1.29 is 9.18 Å². The average Bonchev–Trinajstić information content (AvgIpc) is 3.13. The lowest BCUT2D eigenvalue weighted by Crippen LogP contribution is -2.20. The van der Waals surface area contributed by atoms with Crippen molar-refractivity contribution >= 4 is 29.0 Å². The monoisotopic (exact) mass is 423 g/mol. The number of halogens is 1. The van der Waals surface area contributed by atoms with E-state index in [9.17, 15) is 14.0 Å². The Morgan fingerprint density at radius 3 is 2.70 bits per heavy atom. The number of benzene rings is 2. The van der Waals surface area contributed by atoms with E-state index in [1.165, 1.54) is 45.1 Å². The molecule has 2 heterocycles. The second kappa shape index (κ2) is 8.11. The fraction of sp³-hybridized carbons (Fsp3) is 0.143. The first-order valence-corrected chi connectivity index (χ1v) is 10.1. The maximum atomic E-state index is 13.5. The van der Waals surface area contributed by atoms with Gasteiger partial charge in [0.25, 0.3) is 0 Å². The van der Waals surface area contributed by atoms with Gasteiger partial charge in [0.1, 0.15) is 5.82 Å². The van der Waals surface area contributed by atoms with Crippen LogP contribution < -0.4 is 10.9 Å². The minimum Gasteiger partial charge on any atom is -0.325 e. The molecule has 30 heavy (non-hydrogen) atoms. The van der Waals surface area contributed by atoms with E-state index < -0.39 is 11.4 Å². The number of nitrogens with zero attached hydrogens (tertiary/aromatic N) is 4. The maximum Gasteiger partial charge on any atom is 0.300 e. The number of aromatic nitrogens is 4. The Bertz CT molecular complexity index is 1310. The summed E-state index contributed by atoms with van der Waals surface area (Å²) in [5.41, 5.74) is 3.04. The van der Waals surface area contributed by atoms with Crippen LogP contribution in [0.3, 0.4) is 0 Å². The average molecular weight is 423 g/mol. The van der Waals surface area contributed by atoms with Crippen LogP contribution in [0.2, 0.25) is 0 Å². The molecule has 2 aromatic heterocycles. The predicted octanol–water partition coefficient (Wildman–Crippen LogP) is 3.37. The molecule has 152 valence electrons. The lowest BCUT2D eigenvalue weighted by atomic mass is 10.1. The first-order valence-electron chi connectivity index (χ1n) is 9.14. The number of anilines is 1. The van der Waals surface area contributed by atoms with Crippen LogP contribution in [-0.2, 0) is 4.79 Å². The lowest BCUT2D eigenvalue weighted by Gasteiger charge is -2.08. The van der Waals surface area contributed by atoms with Crippen LogP contribution in [0.4, 0.5) is 10.1 Å². The predicted molar refractivity (Wildman–Crippen MR) is 114 cm³/mol. The second-order valence-electron chi connectivity index (χ2n) is 6.77. The Kier molecular flexibility index (Phi) is 5.37. The third-order valence-corrected chi connectivity index (χ3v) is 5.59. The molecule has 0 saturated heterocycles.